The molecule has 3 atom stereocenters. The van der Waals surface area contributed by atoms with E-state index >= 15 is 0 Å². The summed E-state index contributed by atoms with van der Waals surface area (Å²) in [6.07, 6.45) is 0.613. The van der Waals surface area contributed by atoms with Crippen molar-refractivity contribution in [3.8, 4) is 0 Å². The summed E-state index contributed by atoms with van der Waals surface area (Å²) in [5.74, 6) is -0.179. The number of aliphatic hydroxyl groups is 1. The summed E-state index contributed by atoms with van der Waals surface area (Å²) in [4.78, 5) is 16.9. The van der Waals surface area contributed by atoms with Crippen molar-refractivity contribution in [2.45, 2.75) is 31.6 Å². The maximum Gasteiger partial charge on any atom is 0.251 e. The Kier molecular flexibility index (Phi) is 9.05. The molecule has 0 spiro atoms. The Morgan fingerprint density at radius 3 is 2.59 bits per heavy atom. The molecule has 1 amide bonds. The first-order valence-electron chi connectivity index (χ1n) is 11.1. The number of likely N-dealkylation sites (N-methyl/N-ethyl adjacent to an activating group) is 1. The van der Waals surface area contributed by atoms with Gasteiger partial charge in [0.15, 0.2) is 0 Å². The van der Waals surface area contributed by atoms with Gasteiger partial charge in [-0.25, -0.2) is 0 Å². The zero-order valence-corrected chi connectivity index (χ0v) is 19.2. The largest absolute Gasteiger partial charge is 0.392 e. The molecule has 2 aromatic rings. The highest BCUT2D eigenvalue weighted by Crippen LogP contribution is 2.28. The average molecular weight is 442 g/mol. The summed E-state index contributed by atoms with van der Waals surface area (Å²) < 4.78 is 10.9. The molecule has 3 rings (SSSR count). The van der Waals surface area contributed by atoms with Crippen molar-refractivity contribution in [3.05, 3.63) is 65.7 Å². The van der Waals surface area contributed by atoms with Crippen molar-refractivity contribution in [1.29, 1.82) is 0 Å². The second-order valence-electron chi connectivity index (χ2n) is 8.39. The van der Waals surface area contributed by atoms with Crippen LogP contribution >= 0.6 is 0 Å². The molecule has 0 unspecified atom stereocenters. The van der Waals surface area contributed by atoms with Crippen LogP contribution in [0.25, 0.3) is 0 Å². The topological polar surface area (TPSA) is 74.3 Å². The second-order valence-corrected chi connectivity index (χ2v) is 8.39. The summed E-state index contributed by atoms with van der Waals surface area (Å²) in [5, 5.41) is 12.1. The fourth-order valence-electron chi connectivity index (χ4n) is 4.02. The van der Waals surface area contributed by atoms with Crippen LogP contribution in [0.2, 0.25) is 0 Å². The molecule has 1 aliphatic rings. The van der Waals surface area contributed by atoms with Crippen LogP contribution in [0.5, 0.6) is 0 Å². The third kappa shape index (κ3) is 6.77. The Labute approximate surface area is 190 Å². The molecule has 0 saturated carbocycles. The molecule has 1 aliphatic heterocycles. The molecule has 1 saturated heterocycles. The van der Waals surface area contributed by atoms with Gasteiger partial charge in [-0.2, -0.15) is 0 Å². The van der Waals surface area contributed by atoms with Gasteiger partial charge in [-0.1, -0.05) is 30.3 Å². The van der Waals surface area contributed by atoms with Crippen LogP contribution in [0, 0.1) is 0 Å². The van der Waals surface area contributed by atoms with E-state index in [0.717, 1.165) is 31.7 Å². The van der Waals surface area contributed by atoms with Crippen LogP contribution in [0.3, 0.4) is 0 Å². The molecule has 7 nitrogen and oxygen atoms in total. The van der Waals surface area contributed by atoms with Gasteiger partial charge in [0.25, 0.3) is 5.91 Å². The number of anilines is 1. The smallest absolute Gasteiger partial charge is 0.251 e. The van der Waals surface area contributed by atoms with Crippen LogP contribution in [0.1, 0.15) is 35.3 Å². The number of amides is 1. The predicted octanol–water partition coefficient (Wildman–Crippen LogP) is 2.67. The van der Waals surface area contributed by atoms with Crippen LogP contribution in [-0.4, -0.2) is 75.3 Å². The summed E-state index contributed by atoms with van der Waals surface area (Å²) in [6, 6.07) is 18.4. The summed E-state index contributed by atoms with van der Waals surface area (Å²) in [7, 11) is 3.73. The van der Waals surface area contributed by atoms with Gasteiger partial charge in [0.2, 0.25) is 0 Å². The highest BCUT2D eigenvalue weighted by atomic mass is 16.7. The summed E-state index contributed by atoms with van der Waals surface area (Å²) in [5.41, 5.74) is 2.91. The Balaban J connectivity index is 1.67. The molecule has 0 bridgehead atoms. The quantitative estimate of drug-likeness (QED) is 0.523. The van der Waals surface area contributed by atoms with Crippen LogP contribution in [0.15, 0.2) is 54.6 Å². The molecule has 2 N–H and O–H groups in total. The van der Waals surface area contributed by atoms with Crippen molar-refractivity contribution in [3.63, 3.8) is 0 Å². The minimum atomic E-state index is -0.565. The van der Waals surface area contributed by atoms with Gasteiger partial charge in [0.05, 0.1) is 18.2 Å². The lowest BCUT2D eigenvalue weighted by Gasteiger charge is -2.33. The fourth-order valence-corrected chi connectivity index (χ4v) is 4.02. The van der Waals surface area contributed by atoms with Crippen LogP contribution in [-0.2, 0) is 9.47 Å². The SMILES string of the molecule is COCO[C@H]1CCN([C@@H](CN(C)c2ccc(C(=O)NC[C@H](C)O)cc2)c2ccccc2)C1. The first-order valence-corrected chi connectivity index (χ1v) is 11.1. The molecule has 174 valence electrons. The Hall–Kier alpha value is -2.45. The van der Waals surface area contributed by atoms with Crippen LogP contribution < -0.4 is 10.2 Å². The lowest BCUT2D eigenvalue weighted by molar-refractivity contribution is -0.0679. The standard InChI is InChI=1S/C25H35N3O4/c1-19(29)15-26-25(30)21-9-11-22(12-10-21)27(2)17-24(20-7-5-4-6-8-20)28-14-13-23(16-28)32-18-31-3/h4-12,19,23-24,29H,13-18H2,1-3H3,(H,26,30)/t19-,23-,24-/m0/s1. The van der Waals surface area contributed by atoms with Crippen LogP contribution in [0.4, 0.5) is 5.69 Å². The molecule has 0 aromatic heterocycles. The third-order valence-electron chi connectivity index (χ3n) is 5.80. The van der Waals surface area contributed by atoms with Crippen molar-refractivity contribution in [1.82, 2.24) is 10.2 Å². The zero-order valence-electron chi connectivity index (χ0n) is 19.2. The molecule has 32 heavy (non-hydrogen) atoms. The molecule has 0 aliphatic carbocycles. The number of benzene rings is 2. The van der Waals surface area contributed by atoms with Gasteiger partial charge in [-0.05, 0) is 43.2 Å². The lowest BCUT2D eigenvalue weighted by atomic mass is 10.0. The van der Waals surface area contributed by atoms with E-state index < -0.39 is 6.10 Å². The van der Waals surface area contributed by atoms with Crippen molar-refractivity contribution in [2.24, 2.45) is 0 Å². The second kappa shape index (κ2) is 12.0. The van der Waals surface area contributed by atoms with Gasteiger partial charge in [0, 0.05) is 51.6 Å². The van der Waals surface area contributed by atoms with E-state index in [1.165, 1.54) is 5.56 Å². The van der Waals surface area contributed by atoms with Crippen molar-refractivity contribution in [2.75, 3.05) is 52.0 Å². The van der Waals surface area contributed by atoms with E-state index in [0.29, 0.717) is 12.4 Å². The predicted molar refractivity (Wildman–Crippen MR) is 126 cm³/mol. The maximum atomic E-state index is 12.2. The van der Waals surface area contributed by atoms with E-state index in [2.05, 4.69) is 46.4 Å². The summed E-state index contributed by atoms with van der Waals surface area (Å²) >= 11 is 0. The van der Waals surface area contributed by atoms with E-state index in [-0.39, 0.29) is 24.6 Å². The number of carbonyl (C=O) groups excluding carboxylic acids is 1. The highest BCUT2D eigenvalue weighted by molar-refractivity contribution is 5.94. The summed E-state index contributed by atoms with van der Waals surface area (Å²) in [6.45, 7) is 4.88. The molecule has 7 heteroatoms. The van der Waals surface area contributed by atoms with E-state index in [9.17, 15) is 9.90 Å². The third-order valence-corrected chi connectivity index (χ3v) is 5.80. The Morgan fingerprint density at radius 2 is 1.94 bits per heavy atom. The van der Waals surface area contributed by atoms with E-state index in [4.69, 9.17) is 9.47 Å². The number of nitrogens with zero attached hydrogens (tertiary/aromatic N) is 2. The molecule has 1 heterocycles. The molecular formula is C25H35N3O4. The number of rotatable bonds is 11. The molecule has 0 radical (unpaired) electrons. The van der Waals surface area contributed by atoms with E-state index in [1.54, 1.807) is 14.0 Å². The monoisotopic (exact) mass is 441 g/mol. The molecule has 1 fully saturated rings. The van der Waals surface area contributed by atoms with Crippen molar-refractivity contribution < 1.29 is 19.4 Å². The first-order chi connectivity index (χ1) is 15.5. The number of hydrogen-bond donors (Lipinski definition) is 2. The van der Waals surface area contributed by atoms with Gasteiger partial charge in [-0.3, -0.25) is 9.69 Å². The van der Waals surface area contributed by atoms with Gasteiger partial charge >= 0.3 is 0 Å². The fraction of sp³-hybridized carbons (Fsp3) is 0.480. The first kappa shape index (κ1) is 24.2. The van der Waals surface area contributed by atoms with Gasteiger partial charge in [-0.15, -0.1) is 0 Å². The van der Waals surface area contributed by atoms with E-state index in [1.807, 2.05) is 30.3 Å². The Bertz CT molecular complexity index is 829. The minimum absolute atomic E-state index is 0.179. The van der Waals surface area contributed by atoms with Gasteiger partial charge in [0.1, 0.15) is 6.79 Å². The zero-order chi connectivity index (χ0) is 22.9. The number of ether oxygens (including phenoxy) is 2. The molecular weight excluding hydrogens is 406 g/mol. The Morgan fingerprint density at radius 1 is 1.22 bits per heavy atom. The normalized spacial score (nSPS) is 18.3. The lowest BCUT2D eigenvalue weighted by Crippen LogP contribution is -2.36. The maximum absolute atomic E-state index is 12.2. The number of carbonyl (C=O) groups is 1. The number of methoxy groups -OCH3 is 1. The highest BCUT2D eigenvalue weighted by Gasteiger charge is 2.30. The number of nitrogens with one attached hydrogen (secondary N) is 1. The minimum Gasteiger partial charge on any atom is -0.392 e. The van der Waals surface area contributed by atoms with Crippen molar-refractivity contribution >= 4 is 11.6 Å². The number of hydrogen-bond acceptors (Lipinski definition) is 6. The molecule has 2 aromatic carbocycles. The van der Waals surface area contributed by atoms with Gasteiger partial charge < -0.3 is 24.8 Å². The average Bonchev–Trinajstić information content (AvgIpc) is 3.28. The number of aliphatic hydroxyl groups excluding tert-OH is 1. The number of likely N-dealkylation sites (tertiary alicyclic amines) is 1.